The predicted octanol–water partition coefficient (Wildman–Crippen LogP) is 12.1. The second-order valence-electron chi connectivity index (χ2n) is 26.1. The van der Waals surface area contributed by atoms with Crippen molar-refractivity contribution in [2.24, 2.45) is 0 Å². The van der Waals surface area contributed by atoms with Crippen LogP contribution in [0.5, 0.6) is 0 Å². The van der Waals surface area contributed by atoms with E-state index in [-0.39, 0.29) is 88.4 Å². The Balaban J connectivity index is 0.000000204. The fourth-order valence-corrected chi connectivity index (χ4v) is 13.0. The second kappa shape index (κ2) is 32.4. The van der Waals surface area contributed by atoms with Gasteiger partial charge in [0.15, 0.2) is 22.6 Å². The minimum atomic E-state index is -0.659. The smallest absolute Gasteiger partial charge is 0.291 e. The number of nitrogens with zero attached hydrogens (tertiary/aromatic N) is 10. The van der Waals surface area contributed by atoms with Crippen LogP contribution in [0.15, 0.2) is 161 Å². The highest BCUT2D eigenvalue weighted by Gasteiger charge is 2.35. The van der Waals surface area contributed by atoms with E-state index in [0.29, 0.717) is 90.7 Å². The van der Waals surface area contributed by atoms with E-state index in [2.05, 4.69) is 43.3 Å². The molecule has 0 aliphatic carbocycles. The fourth-order valence-electron chi connectivity index (χ4n) is 13.0. The molecule has 0 unspecified atom stereocenters. The first-order valence-corrected chi connectivity index (χ1v) is 35.0. The van der Waals surface area contributed by atoms with Crippen molar-refractivity contribution in [1.29, 1.82) is 0 Å². The van der Waals surface area contributed by atoms with Crippen LogP contribution in [0.4, 0.5) is 11.4 Å². The highest BCUT2D eigenvalue weighted by atomic mass is 16.3. The number of carbonyl (C=O) groups excluding carboxylic acids is 6. The van der Waals surface area contributed by atoms with Gasteiger partial charge in [-0.25, -0.2) is 14.3 Å². The number of aryl methyl sites for hydroxylation is 3. The number of rotatable bonds is 24. The Kier molecular flexibility index (Phi) is 22.9. The van der Waals surface area contributed by atoms with Crippen LogP contribution < -0.4 is 16.1 Å². The van der Waals surface area contributed by atoms with Crippen LogP contribution in [0, 0.1) is 20.8 Å². The molecule has 5 aromatic carbocycles. The molecule has 524 valence electrons. The number of carbonyl (C=O) groups is 6. The van der Waals surface area contributed by atoms with Gasteiger partial charge in [-0.3, -0.25) is 33.6 Å². The third kappa shape index (κ3) is 16.1. The Morgan fingerprint density at radius 3 is 1.47 bits per heavy atom. The topological polar surface area (TPSA) is 263 Å². The van der Waals surface area contributed by atoms with Gasteiger partial charge in [0.2, 0.25) is 0 Å². The molecule has 6 amide bonds. The lowest BCUT2D eigenvalue weighted by Crippen LogP contribution is -2.46. The molecular formula is C79H88N12O10. The van der Waals surface area contributed by atoms with Crippen molar-refractivity contribution < 1.29 is 43.4 Å². The molecule has 10 aromatic rings. The standard InChI is InChI=1S/C41H45N5O6.C38H43N7O4/c1-5-7-17-44(18-8-6-2)41(51)34-20-27(4)46(43-34)35-15-14-30(42-39(49)38-23-36(48)33-19-26(3)13-16-37(33)52-38)22-32(35)40(50)45-24-29-12-10-9-11-28(29)21-31(45)25-47;1-4-6-17-42(18-7-5-2)38(49)32-20-26(3)45(41-32)34-16-15-29(39-36(47)33-24-43-19-11-10-14-35(43)40-33)22-31(34)37(48)44-23-28-13-9-8-12-27(28)21-30(44)25-46/h9-16,19-20,22-23,31,47H,5-8,17-18,21,24-25H2,1-4H3,(H,42,49);8-16,19-20,22,24,30,46H,4-7,17-18,21,23,25H2,1-3H3,(H,39,47)/t31-;30-/m00/s1. The molecule has 22 heteroatoms. The molecule has 0 saturated carbocycles. The molecular weight excluding hydrogens is 1280 g/mol. The van der Waals surface area contributed by atoms with Crippen LogP contribution in [0.25, 0.3) is 28.0 Å². The number of pyridine rings is 1. The summed E-state index contributed by atoms with van der Waals surface area (Å²) in [7, 11) is 0. The minimum absolute atomic E-state index is 0.138. The zero-order valence-electron chi connectivity index (χ0n) is 58.4. The summed E-state index contributed by atoms with van der Waals surface area (Å²) < 4.78 is 10.8. The van der Waals surface area contributed by atoms with Crippen molar-refractivity contribution in [3.8, 4) is 11.4 Å². The summed E-state index contributed by atoms with van der Waals surface area (Å²) >= 11 is 0. The van der Waals surface area contributed by atoms with Crippen molar-refractivity contribution in [3.63, 3.8) is 0 Å². The number of imidazole rings is 1. The average Bonchev–Trinajstić information content (AvgIpc) is 1.73. The molecule has 5 aromatic heterocycles. The van der Waals surface area contributed by atoms with E-state index >= 15 is 0 Å². The van der Waals surface area contributed by atoms with Crippen molar-refractivity contribution in [2.45, 2.75) is 138 Å². The first kappa shape index (κ1) is 71.4. The van der Waals surface area contributed by atoms with E-state index in [4.69, 9.17) is 14.6 Å². The quantitative estimate of drug-likeness (QED) is 0.0439. The number of anilines is 2. The number of fused-ring (bicyclic) bond motifs is 4. The maximum atomic E-state index is 14.6. The van der Waals surface area contributed by atoms with Crippen LogP contribution in [0.2, 0.25) is 0 Å². The molecule has 0 fully saturated rings. The van der Waals surface area contributed by atoms with Gasteiger partial charge >= 0.3 is 0 Å². The SMILES string of the molecule is CCCCN(CCCC)C(=O)c1cc(C)n(-c2ccc(NC(=O)c3cc(=O)c4cc(C)ccc4o3)cc2C(=O)N2Cc3ccccc3C[C@H]2CO)n1.CCCCN(CCCC)C(=O)c1cc(C)n(-c2ccc(NC(=O)c3cn4ccccc4n3)cc2C(=O)N2Cc3ccccc3C[C@H]2CO)n1. The third-order valence-corrected chi connectivity index (χ3v) is 18.7. The van der Waals surface area contributed by atoms with Gasteiger partial charge in [0.1, 0.15) is 16.9 Å². The van der Waals surface area contributed by atoms with Crippen LogP contribution in [0.1, 0.15) is 181 Å². The zero-order chi connectivity index (χ0) is 71.4. The van der Waals surface area contributed by atoms with Gasteiger partial charge < -0.3 is 49.3 Å². The third-order valence-electron chi connectivity index (χ3n) is 18.7. The van der Waals surface area contributed by atoms with E-state index < -0.39 is 23.9 Å². The summed E-state index contributed by atoms with van der Waals surface area (Å²) in [6.07, 6.45) is 11.9. The first-order chi connectivity index (χ1) is 48.9. The number of nitrogens with one attached hydrogen (secondary N) is 2. The monoisotopic (exact) mass is 1360 g/mol. The van der Waals surface area contributed by atoms with Crippen LogP contribution >= 0.6 is 0 Å². The van der Waals surface area contributed by atoms with E-state index in [0.717, 1.165) is 85.3 Å². The van der Waals surface area contributed by atoms with Crippen LogP contribution in [-0.4, -0.2) is 146 Å². The molecule has 2 aliphatic rings. The Bertz CT molecular complexity index is 4710. The van der Waals surface area contributed by atoms with Gasteiger partial charge in [-0.15, -0.1) is 0 Å². The molecule has 101 heavy (non-hydrogen) atoms. The van der Waals surface area contributed by atoms with E-state index in [9.17, 15) is 43.8 Å². The van der Waals surface area contributed by atoms with Gasteiger partial charge in [-0.05, 0) is 154 Å². The highest BCUT2D eigenvalue weighted by molar-refractivity contribution is 6.06. The summed E-state index contributed by atoms with van der Waals surface area (Å²) in [4.78, 5) is 108. The predicted molar refractivity (Wildman–Crippen MR) is 388 cm³/mol. The Hall–Kier alpha value is -10.8. The van der Waals surface area contributed by atoms with Crippen LogP contribution in [-0.2, 0) is 25.9 Å². The number of aliphatic hydroxyl groups excluding tert-OH is 2. The molecule has 12 rings (SSSR count). The molecule has 0 radical (unpaired) electrons. The van der Waals surface area contributed by atoms with Gasteiger partial charge in [-0.2, -0.15) is 10.2 Å². The molecule has 7 heterocycles. The van der Waals surface area contributed by atoms with Crippen molar-refractivity contribution in [1.82, 2.24) is 48.5 Å². The average molecular weight is 1370 g/mol. The fraction of sp³-hybridized carbons (Fsp3) is 0.342. The first-order valence-electron chi connectivity index (χ1n) is 35.0. The summed E-state index contributed by atoms with van der Waals surface area (Å²) in [5, 5.41) is 36.4. The van der Waals surface area contributed by atoms with E-state index in [1.54, 1.807) is 96.5 Å². The van der Waals surface area contributed by atoms with Crippen molar-refractivity contribution in [2.75, 3.05) is 50.0 Å². The molecule has 0 saturated heterocycles. The van der Waals surface area contributed by atoms with Gasteiger partial charge in [-0.1, -0.05) is 120 Å². The zero-order valence-corrected chi connectivity index (χ0v) is 58.4. The Morgan fingerprint density at radius 2 is 1.00 bits per heavy atom. The minimum Gasteiger partial charge on any atom is -0.451 e. The lowest BCUT2D eigenvalue weighted by molar-refractivity contribution is 0.0539. The number of aromatic nitrogens is 6. The summed E-state index contributed by atoms with van der Waals surface area (Å²) in [5.41, 5.74) is 9.87. The maximum Gasteiger partial charge on any atom is 0.291 e. The Labute approximate surface area is 587 Å². The molecule has 22 nitrogen and oxygen atoms in total. The van der Waals surface area contributed by atoms with Crippen molar-refractivity contribution >= 4 is 63.4 Å². The van der Waals surface area contributed by atoms with Crippen LogP contribution in [0.3, 0.4) is 0 Å². The molecule has 0 spiro atoms. The van der Waals surface area contributed by atoms with Gasteiger partial charge in [0.25, 0.3) is 35.4 Å². The number of benzene rings is 5. The highest BCUT2D eigenvalue weighted by Crippen LogP contribution is 2.32. The van der Waals surface area contributed by atoms with E-state index in [1.807, 2.05) is 103 Å². The van der Waals surface area contributed by atoms with Gasteiger partial charge in [0.05, 0.1) is 53.2 Å². The van der Waals surface area contributed by atoms with E-state index in [1.165, 1.54) is 0 Å². The molecule has 2 aliphatic heterocycles. The summed E-state index contributed by atoms with van der Waals surface area (Å²) in [6.45, 7) is 16.7. The summed E-state index contributed by atoms with van der Waals surface area (Å²) in [5.74, 6) is -2.24. The maximum absolute atomic E-state index is 14.6. The lowest BCUT2D eigenvalue weighted by Gasteiger charge is -2.36. The molecule has 4 N–H and O–H groups in total. The second-order valence-corrected chi connectivity index (χ2v) is 26.1. The number of hydrogen-bond acceptors (Lipinski definition) is 13. The van der Waals surface area contributed by atoms with Crippen molar-refractivity contribution in [3.05, 3.63) is 235 Å². The number of hydrogen-bond donors (Lipinski definition) is 4. The molecule has 0 bridgehead atoms. The summed E-state index contributed by atoms with van der Waals surface area (Å²) in [6, 6.07) is 40.1. The lowest BCUT2D eigenvalue weighted by atomic mass is 9.93. The number of aliphatic hydroxyl groups is 2. The normalized spacial score (nSPS) is 14.0. The number of unbranched alkanes of at least 4 members (excludes halogenated alkanes) is 4. The Morgan fingerprint density at radius 1 is 0.535 bits per heavy atom. The number of amides is 6. The van der Waals surface area contributed by atoms with Gasteiger partial charge in [0, 0.05) is 80.5 Å². The largest absolute Gasteiger partial charge is 0.451 e. The molecule has 2 atom stereocenters.